The van der Waals surface area contributed by atoms with E-state index in [0.717, 1.165) is 0 Å². The third-order valence-electron chi connectivity index (χ3n) is 2.50. The van der Waals surface area contributed by atoms with E-state index in [-0.39, 0.29) is 5.75 Å². The Morgan fingerprint density at radius 3 is 2.41 bits per heavy atom. The first-order valence-electron chi connectivity index (χ1n) is 5.16. The first-order valence-corrected chi connectivity index (χ1v) is 5.16. The van der Waals surface area contributed by atoms with Crippen molar-refractivity contribution in [2.45, 2.75) is 26.3 Å². The van der Waals surface area contributed by atoms with Crippen molar-refractivity contribution in [1.82, 2.24) is 5.32 Å². The summed E-state index contributed by atoms with van der Waals surface area (Å²) < 4.78 is 0. The number of phenolic OH excluding ortho intramolecular Hbond substituents is 1. The molecule has 0 saturated carbocycles. The molecule has 1 rings (SSSR count). The van der Waals surface area contributed by atoms with Gasteiger partial charge in [0.1, 0.15) is 11.3 Å². The normalized spacial score (nSPS) is 11.0. The van der Waals surface area contributed by atoms with Crippen molar-refractivity contribution >= 4 is 11.8 Å². The summed E-state index contributed by atoms with van der Waals surface area (Å²) in [4.78, 5) is 23.0. The Bertz CT molecular complexity index is 467. The van der Waals surface area contributed by atoms with Crippen LogP contribution in [0.1, 0.15) is 29.8 Å². The fourth-order valence-corrected chi connectivity index (χ4v) is 1.32. The number of nitrogens with two attached hydrogens (primary N) is 1. The fraction of sp³-hybridized carbons (Fsp3) is 0.333. The maximum absolute atomic E-state index is 11.9. The number of carbonyl (C=O) groups excluding carboxylic acids is 2. The third kappa shape index (κ3) is 2.96. The molecule has 1 aromatic rings. The molecule has 5 heteroatoms. The lowest BCUT2D eigenvalue weighted by Crippen LogP contribution is -2.53. The van der Waals surface area contributed by atoms with Gasteiger partial charge >= 0.3 is 0 Å². The van der Waals surface area contributed by atoms with Crippen molar-refractivity contribution in [2.75, 3.05) is 0 Å². The number of aryl methyl sites for hydroxylation is 1. The molecule has 0 aliphatic rings. The lowest BCUT2D eigenvalue weighted by molar-refractivity contribution is -0.122. The van der Waals surface area contributed by atoms with Crippen LogP contribution >= 0.6 is 0 Å². The lowest BCUT2D eigenvalue weighted by Gasteiger charge is -2.22. The predicted molar refractivity (Wildman–Crippen MR) is 63.6 cm³/mol. The van der Waals surface area contributed by atoms with E-state index in [1.807, 2.05) is 0 Å². The molecular weight excluding hydrogens is 220 g/mol. The summed E-state index contributed by atoms with van der Waals surface area (Å²) >= 11 is 0. The number of primary amides is 1. The van der Waals surface area contributed by atoms with Crippen LogP contribution in [-0.2, 0) is 4.79 Å². The zero-order chi connectivity index (χ0) is 13.2. The van der Waals surface area contributed by atoms with Crippen LogP contribution in [0.25, 0.3) is 0 Å². The van der Waals surface area contributed by atoms with E-state index in [0.29, 0.717) is 11.1 Å². The van der Waals surface area contributed by atoms with E-state index in [1.54, 1.807) is 6.92 Å². The molecular formula is C12H16N2O3. The highest BCUT2D eigenvalue weighted by Crippen LogP contribution is 2.16. The van der Waals surface area contributed by atoms with Gasteiger partial charge < -0.3 is 16.2 Å². The number of phenols is 1. The maximum atomic E-state index is 11.9. The van der Waals surface area contributed by atoms with Gasteiger partial charge in [0, 0.05) is 5.56 Å². The summed E-state index contributed by atoms with van der Waals surface area (Å²) in [6.07, 6.45) is 0. The molecule has 0 saturated heterocycles. The number of nitrogens with one attached hydrogen (secondary N) is 1. The zero-order valence-corrected chi connectivity index (χ0v) is 10.1. The monoisotopic (exact) mass is 236 g/mol. The molecule has 5 nitrogen and oxygen atoms in total. The van der Waals surface area contributed by atoms with Crippen molar-refractivity contribution < 1.29 is 14.7 Å². The standard InChI is InChI=1S/C12H16N2O3/c1-7-6-8(15)4-5-9(7)10(16)14-12(2,3)11(13)17/h4-6,15H,1-3H3,(H2,13,17)(H,14,16). The highest BCUT2D eigenvalue weighted by Gasteiger charge is 2.27. The smallest absolute Gasteiger partial charge is 0.252 e. The van der Waals surface area contributed by atoms with Gasteiger partial charge in [-0.05, 0) is 44.5 Å². The second-order valence-corrected chi connectivity index (χ2v) is 4.44. The Kier molecular flexibility index (Phi) is 3.41. The number of aromatic hydroxyl groups is 1. The van der Waals surface area contributed by atoms with Crippen LogP contribution in [-0.4, -0.2) is 22.5 Å². The van der Waals surface area contributed by atoms with E-state index in [9.17, 15) is 14.7 Å². The molecule has 0 aliphatic heterocycles. The number of benzene rings is 1. The summed E-state index contributed by atoms with van der Waals surface area (Å²) in [5.74, 6) is -0.915. The molecule has 2 amide bonds. The van der Waals surface area contributed by atoms with Crippen LogP contribution in [0.2, 0.25) is 0 Å². The second kappa shape index (κ2) is 4.45. The van der Waals surface area contributed by atoms with Gasteiger partial charge in [0.2, 0.25) is 5.91 Å². The summed E-state index contributed by atoms with van der Waals surface area (Å²) in [6.45, 7) is 4.76. The third-order valence-corrected chi connectivity index (χ3v) is 2.50. The molecule has 0 radical (unpaired) electrons. The average molecular weight is 236 g/mol. The van der Waals surface area contributed by atoms with Crippen LogP contribution < -0.4 is 11.1 Å². The minimum absolute atomic E-state index is 0.0909. The molecule has 0 unspecified atom stereocenters. The summed E-state index contributed by atoms with van der Waals surface area (Å²) in [6, 6.07) is 4.39. The molecule has 0 bridgehead atoms. The van der Waals surface area contributed by atoms with Gasteiger partial charge in [0.15, 0.2) is 0 Å². The number of hydrogen-bond acceptors (Lipinski definition) is 3. The maximum Gasteiger partial charge on any atom is 0.252 e. The van der Waals surface area contributed by atoms with Gasteiger partial charge in [-0.25, -0.2) is 0 Å². The average Bonchev–Trinajstić information content (AvgIpc) is 2.15. The SMILES string of the molecule is Cc1cc(O)ccc1C(=O)NC(C)(C)C(N)=O. The second-order valence-electron chi connectivity index (χ2n) is 4.44. The lowest BCUT2D eigenvalue weighted by atomic mass is 10.0. The van der Waals surface area contributed by atoms with Gasteiger partial charge in [-0.2, -0.15) is 0 Å². The minimum atomic E-state index is -1.11. The minimum Gasteiger partial charge on any atom is -0.508 e. The van der Waals surface area contributed by atoms with Gasteiger partial charge in [-0.15, -0.1) is 0 Å². The first-order chi connectivity index (χ1) is 7.74. The van der Waals surface area contributed by atoms with Gasteiger partial charge in [-0.1, -0.05) is 0 Å². The molecule has 0 spiro atoms. The van der Waals surface area contributed by atoms with Crippen molar-refractivity contribution in [3.63, 3.8) is 0 Å². The number of hydrogen-bond donors (Lipinski definition) is 3. The Hall–Kier alpha value is -2.04. The number of rotatable bonds is 3. The van der Waals surface area contributed by atoms with Crippen molar-refractivity contribution in [3.8, 4) is 5.75 Å². The van der Waals surface area contributed by atoms with Gasteiger partial charge in [-0.3, -0.25) is 9.59 Å². The Morgan fingerprint density at radius 2 is 1.94 bits per heavy atom. The highest BCUT2D eigenvalue weighted by molar-refractivity contribution is 5.99. The molecule has 0 aliphatic carbocycles. The molecule has 4 N–H and O–H groups in total. The summed E-state index contributed by atoms with van der Waals surface area (Å²) in [5, 5.41) is 11.8. The molecule has 0 heterocycles. The van der Waals surface area contributed by atoms with Crippen LogP contribution in [0.3, 0.4) is 0 Å². The molecule has 0 atom stereocenters. The van der Waals surface area contributed by atoms with Crippen LogP contribution in [0.4, 0.5) is 0 Å². The van der Waals surface area contributed by atoms with Crippen molar-refractivity contribution in [2.24, 2.45) is 5.73 Å². The molecule has 17 heavy (non-hydrogen) atoms. The van der Waals surface area contributed by atoms with Crippen LogP contribution in [0, 0.1) is 6.92 Å². The van der Waals surface area contributed by atoms with E-state index in [2.05, 4.69) is 5.32 Å². The number of carbonyl (C=O) groups is 2. The fourth-order valence-electron chi connectivity index (χ4n) is 1.32. The van der Waals surface area contributed by atoms with Crippen LogP contribution in [0.15, 0.2) is 18.2 Å². The Morgan fingerprint density at radius 1 is 1.35 bits per heavy atom. The largest absolute Gasteiger partial charge is 0.508 e. The molecule has 0 aromatic heterocycles. The summed E-state index contributed by atoms with van der Waals surface area (Å²) in [5.41, 5.74) is 5.08. The predicted octanol–water partition coefficient (Wildman–Crippen LogP) is 0.694. The highest BCUT2D eigenvalue weighted by atomic mass is 16.3. The Labute approximate surface area is 99.6 Å². The van der Waals surface area contributed by atoms with E-state index in [1.165, 1.54) is 32.0 Å². The van der Waals surface area contributed by atoms with Crippen LogP contribution in [0.5, 0.6) is 5.75 Å². The van der Waals surface area contributed by atoms with E-state index >= 15 is 0 Å². The number of amides is 2. The van der Waals surface area contributed by atoms with Gasteiger partial charge in [0.25, 0.3) is 5.91 Å². The first kappa shape index (κ1) is 13.0. The topological polar surface area (TPSA) is 92.4 Å². The summed E-state index contributed by atoms with van der Waals surface area (Å²) in [7, 11) is 0. The van der Waals surface area contributed by atoms with E-state index in [4.69, 9.17) is 5.73 Å². The quantitative estimate of drug-likeness (QED) is 0.721. The Balaban J connectivity index is 2.95. The molecule has 1 aromatic carbocycles. The molecule has 0 fully saturated rings. The van der Waals surface area contributed by atoms with Crippen molar-refractivity contribution in [3.05, 3.63) is 29.3 Å². The van der Waals surface area contributed by atoms with Gasteiger partial charge in [0.05, 0.1) is 0 Å². The molecule has 92 valence electrons. The zero-order valence-electron chi connectivity index (χ0n) is 10.1. The van der Waals surface area contributed by atoms with E-state index < -0.39 is 17.4 Å². The van der Waals surface area contributed by atoms with Crippen molar-refractivity contribution in [1.29, 1.82) is 0 Å².